The number of hydrogen-bond acceptors (Lipinski definition) is 4. The summed E-state index contributed by atoms with van der Waals surface area (Å²) in [6.45, 7) is 4.89. The van der Waals surface area contributed by atoms with Crippen LogP contribution in [0.2, 0.25) is 5.02 Å². The molecule has 110 valence electrons. The van der Waals surface area contributed by atoms with E-state index < -0.39 is 0 Å². The van der Waals surface area contributed by atoms with Gasteiger partial charge in [-0.15, -0.1) is 0 Å². The quantitative estimate of drug-likeness (QED) is 0.856. The van der Waals surface area contributed by atoms with Crippen LogP contribution in [0.1, 0.15) is 0 Å². The molecule has 0 aromatic heterocycles. The molecule has 1 aliphatic rings. The average Bonchev–Trinajstić information content (AvgIpc) is 2.48. The molecule has 1 aromatic rings. The van der Waals surface area contributed by atoms with Gasteiger partial charge in [-0.05, 0) is 24.3 Å². The smallest absolute Gasteiger partial charge is 0.257 e. The van der Waals surface area contributed by atoms with Crippen LogP contribution in [0.15, 0.2) is 24.3 Å². The SMILES string of the molecule is O=C(COc1ccc(Cl)cc1)NCCN1CCOCC1. The molecule has 1 fully saturated rings. The zero-order valence-corrected chi connectivity index (χ0v) is 12.1. The van der Waals surface area contributed by atoms with E-state index >= 15 is 0 Å². The summed E-state index contributed by atoms with van der Waals surface area (Å²) in [5.74, 6) is 0.519. The summed E-state index contributed by atoms with van der Waals surface area (Å²) in [5.41, 5.74) is 0. The van der Waals surface area contributed by atoms with Crippen molar-refractivity contribution in [3.05, 3.63) is 29.3 Å². The van der Waals surface area contributed by atoms with E-state index in [1.54, 1.807) is 24.3 Å². The molecule has 6 heteroatoms. The van der Waals surface area contributed by atoms with Crippen molar-refractivity contribution in [3.8, 4) is 5.75 Å². The highest BCUT2D eigenvalue weighted by molar-refractivity contribution is 6.30. The molecule has 0 spiro atoms. The largest absolute Gasteiger partial charge is 0.484 e. The summed E-state index contributed by atoms with van der Waals surface area (Å²) >= 11 is 5.77. The van der Waals surface area contributed by atoms with Crippen LogP contribution in [0.3, 0.4) is 0 Å². The Morgan fingerprint density at radius 2 is 2.00 bits per heavy atom. The molecule has 0 aliphatic carbocycles. The predicted molar refractivity (Wildman–Crippen MR) is 77.2 cm³/mol. The van der Waals surface area contributed by atoms with Crippen LogP contribution < -0.4 is 10.1 Å². The van der Waals surface area contributed by atoms with Crippen molar-refractivity contribution in [3.63, 3.8) is 0 Å². The van der Waals surface area contributed by atoms with Gasteiger partial charge in [0.1, 0.15) is 5.75 Å². The molecule has 1 aliphatic heterocycles. The van der Waals surface area contributed by atoms with Crippen LogP contribution in [0.25, 0.3) is 0 Å². The molecule has 2 rings (SSSR count). The molecule has 1 saturated heterocycles. The lowest BCUT2D eigenvalue weighted by Crippen LogP contribution is -2.42. The molecule has 1 aromatic carbocycles. The van der Waals surface area contributed by atoms with Gasteiger partial charge < -0.3 is 14.8 Å². The number of hydrogen-bond donors (Lipinski definition) is 1. The minimum absolute atomic E-state index is 0.0186. The minimum Gasteiger partial charge on any atom is -0.484 e. The summed E-state index contributed by atoms with van der Waals surface area (Å²) in [7, 11) is 0. The van der Waals surface area contributed by atoms with Gasteiger partial charge in [-0.2, -0.15) is 0 Å². The van der Waals surface area contributed by atoms with Gasteiger partial charge in [0.25, 0.3) is 5.91 Å². The molecule has 1 heterocycles. The number of carbonyl (C=O) groups is 1. The standard InChI is InChI=1S/C14H19ClN2O3/c15-12-1-3-13(4-2-12)20-11-14(18)16-5-6-17-7-9-19-10-8-17/h1-4H,5-11H2,(H,16,18). The van der Waals surface area contributed by atoms with E-state index in [9.17, 15) is 4.79 Å². The first kappa shape index (κ1) is 15.1. The first-order valence-corrected chi connectivity index (χ1v) is 7.07. The number of rotatable bonds is 6. The maximum Gasteiger partial charge on any atom is 0.257 e. The zero-order chi connectivity index (χ0) is 14.2. The third kappa shape index (κ3) is 5.36. The van der Waals surface area contributed by atoms with Crippen molar-refractivity contribution in [2.24, 2.45) is 0 Å². The van der Waals surface area contributed by atoms with E-state index in [2.05, 4.69) is 10.2 Å². The summed E-state index contributed by atoms with van der Waals surface area (Å²) in [5, 5.41) is 3.48. The number of carbonyl (C=O) groups excluding carboxylic acids is 1. The van der Waals surface area contributed by atoms with E-state index in [1.165, 1.54) is 0 Å². The Hall–Kier alpha value is -1.30. The number of amides is 1. The Bertz CT molecular complexity index is 419. The second kappa shape index (κ2) is 8.09. The number of halogens is 1. The number of nitrogens with zero attached hydrogens (tertiary/aromatic N) is 1. The van der Waals surface area contributed by atoms with Gasteiger partial charge in [-0.1, -0.05) is 11.6 Å². The zero-order valence-electron chi connectivity index (χ0n) is 11.3. The van der Waals surface area contributed by atoms with E-state index in [4.69, 9.17) is 21.1 Å². The highest BCUT2D eigenvalue weighted by Gasteiger charge is 2.10. The number of nitrogens with one attached hydrogen (secondary N) is 1. The molecule has 0 unspecified atom stereocenters. The fourth-order valence-electron chi connectivity index (χ4n) is 1.91. The third-order valence-electron chi connectivity index (χ3n) is 3.04. The average molecular weight is 299 g/mol. The van der Waals surface area contributed by atoms with Crippen molar-refractivity contribution >= 4 is 17.5 Å². The number of morpholine rings is 1. The summed E-state index contributed by atoms with van der Waals surface area (Å²) < 4.78 is 10.6. The Balaban J connectivity index is 1.59. The number of ether oxygens (including phenoxy) is 2. The van der Waals surface area contributed by atoms with Gasteiger partial charge in [-0.25, -0.2) is 0 Å². The first-order valence-electron chi connectivity index (χ1n) is 6.69. The Morgan fingerprint density at radius 3 is 2.70 bits per heavy atom. The summed E-state index contributed by atoms with van der Waals surface area (Å²) in [6.07, 6.45) is 0. The summed E-state index contributed by atoms with van der Waals surface area (Å²) in [4.78, 5) is 13.9. The molecule has 0 bridgehead atoms. The van der Waals surface area contributed by atoms with Crippen LogP contribution in [-0.2, 0) is 9.53 Å². The molecule has 0 radical (unpaired) electrons. The lowest BCUT2D eigenvalue weighted by Gasteiger charge is -2.26. The van der Waals surface area contributed by atoms with Crippen molar-refractivity contribution < 1.29 is 14.3 Å². The van der Waals surface area contributed by atoms with Crippen molar-refractivity contribution in [2.75, 3.05) is 46.0 Å². The van der Waals surface area contributed by atoms with Gasteiger partial charge in [0.05, 0.1) is 13.2 Å². The Morgan fingerprint density at radius 1 is 1.30 bits per heavy atom. The maximum absolute atomic E-state index is 11.6. The molecule has 1 amide bonds. The molecular weight excluding hydrogens is 280 g/mol. The van der Waals surface area contributed by atoms with Gasteiger partial charge >= 0.3 is 0 Å². The van der Waals surface area contributed by atoms with E-state index in [0.717, 1.165) is 32.8 Å². The monoisotopic (exact) mass is 298 g/mol. The minimum atomic E-state index is -0.117. The highest BCUT2D eigenvalue weighted by Crippen LogP contribution is 2.15. The molecule has 20 heavy (non-hydrogen) atoms. The van der Waals surface area contributed by atoms with Crippen molar-refractivity contribution in [2.45, 2.75) is 0 Å². The van der Waals surface area contributed by atoms with Crippen LogP contribution in [0.4, 0.5) is 0 Å². The van der Waals surface area contributed by atoms with Gasteiger partial charge in [0.2, 0.25) is 0 Å². The van der Waals surface area contributed by atoms with E-state index in [0.29, 0.717) is 17.3 Å². The van der Waals surface area contributed by atoms with Crippen LogP contribution in [0, 0.1) is 0 Å². The summed E-state index contributed by atoms with van der Waals surface area (Å²) in [6, 6.07) is 6.94. The van der Waals surface area contributed by atoms with Crippen molar-refractivity contribution in [1.82, 2.24) is 10.2 Å². The predicted octanol–water partition coefficient (Wildman–Crippen LogP) is 1.17. The first-order chi connectivity index (χ1) is 9.74. The Labute approximate surface area is 123 Å². The molecule has 0 saturated carbocycles. The van der Waals surface area contributed by atoms with Crippen molar-refractivity contribution in [1.29, 1.82) is 0 Å². The highest BCUT2D eigenvalue weighted by atomic mass is 35.5. The van der Waals surface area contributed by atoms with Crippen LogP contribution in [-0.4, -0.2) is 56.8 Å². The molecular formula is C14H19ClN2O3. The van der Waals surface area contributed by atoms with E-state index in [-0.39, 0.29) is 12.5 Å². The van der Waals surface area contributed by atoms with Crippen LogP contribution in [0.5, 0.6) is 5.75 Å². The van der Waals surface area contributed by atoms with Gasteiger partial charge in [-0.3, -0.25) is 9.69 Å². The third-order valence-corrected chi connectivity index (χ3v) is 3.29. The van der Waals surface area contributed by atoms with E-state index in [1.807, 2.05) is 0 Å². The lowest BCUT2D eigenvalue weighted by atomic mass is 10.3. The molecule has 1 N–H and O–H groups in total. The molecule has 5 nitrogen and oxygen atoms in total. The molecule has 0 atom stereocenters. The normalized spacial score (nSPS) is 15.8. The Kier molecular flexibility index (Phi) is 6.11. The fourth-order valence-corrected chi connectivity index (χ4v) is 2.03. The second-order valence-corrected chi connectivity index (χ2v) is 4.98. The number of benzene rings is 1. The van der Waals surface area contributed by atoms with Crippen LogP contribution >= 0.6 is 11.6 Å². The maximum atomic E-state index is 11.6. The fraction of sp³-hybridized carbons (Fsp3) is 0.500. The van der Waals surface area contributed by atoms with Gasteiger partial charge in [0.15, 0.2) is 6.61 Å². The van der Waals surface area contributed by atoms with Gasteiger partial charge in [0, 0.05) is 31.2 Å². The topological polar surface area (TPSA) is 50.8 Å². The lowest BCUT2D eigenvalue weighted by molar-refractivity contribution is -0.123. The second-order valence-electron chi connectivity index (χ2n) is 4.55.